The first kappa shape index (κ1) is 17.7. The van der Waals surface area contributed by atoms with Crippen molar-refractivity contribution in [3.8, 4) is 5.69 Å². The van der Waals surface area contributed by atoms with Crippen molar-refractivity contribution in [2.45, 2.75) is 50.0 Å². The summed E-state index contributed by atoms with van der Waals surface area (Å²) in [5.74, 6) is 2.20. The van der Waals surface area contributed by atoms with E-state index in [2.05, 4.69) is 10.4 Å². The molecule has 0 radical (unpaired) electrons. The fraction of sp³-hybridized carbons (Fsp3) is 0.474. The Morgan fingerprint density at radius 3 is 2.88 bits per heavy atom. The Balaban J connectivity index is 1.57. The summed E-state index contributed by atoms with van der Waals surface area (Å²) < 4.78 is 13.7. The molecule has 5 nitrogen and oxygen atoms in total. The Bertz CT molecular complexity index is 858. The van der Waals surface area contributed by atoms with E-state index in [9.17, 15) is 9.00 Å². The Kier molecular flexibility index (Phi) is 5.14. The fourth-order valence-electron chi connectivity index (χ4n) is 3.88. The molecule has 0 spiro atoms. The van der Waals surface area contributed by atoms with Gasteiger partial charge in [-0.15, -0.1) is 0 Å². The molecule has 1 aliphatic carbocycles. The molecule has 2 heterocycles. The molecule has 1 saturated carbocycles. The lowest BCUT2D eigenvalue weighted by Crippen LogP contribution is -2.17. The van der Waals surface area contributed by atoms with E-state index in [4.69, 9.17) is 11.6 Å². The monoisotopic (exact) mass is 391 g/mol. The van der Waals surface area contributed by atoms with Gasteiger partial charge in [0, 0.05) is 27.8 Å². The van der Waals surface area contributed by atoms with E-state index >= 15 is 0 Å². The van der Waals surface area contributed by atoms with Crippen molar-refractivity contribution in [3.63, 3.8) is 0 Å². The van der Waals surface area contributed by atoms with Crippen LogP contribution in [-0.2, 0) is 27.1 Å². The van der Waals surface area contributed by atoms with E-state index in [-0.39, 0.29) is 5.91 Å². The van der Waals surface area contributed by atoms with E-state index in [0.717, 1.165) is 23.4 Å². The third-order valence-corrected chi connectivity index (χ3v) is 6.68. The molecule has 1 N–H and O–H groups in total. The van der Waals surface area contributed by atoms with Crippen LogP contribution in [0.1, 0.15) is 49.8 Å². The van der Waals surface area contributed by atoms with E-state index in [1.165, 1.54) is 25.7 Å². The number of amides is 1. The van der Waals surface area contributed by atoms with Crippen LogP contribution in [0.5, 0.6) is 0 Å². The van der Waals surface area contributed by atoms with Crippen molar-refractivity contribution in [3.05, 3.63) is 40.5 Å². The van der Waals surface area contributed by atoms with Crippen LogP contribution in [0.3, 0.4) is 0 Å². The summed E-state index contributed by atoms with van der Waals surface area (Å²) in [4.78, 5) is 12.5. The second kappa shape index (κ2) is 7.53. The van der Waals surface area contributed by atoms with Crippen molar-refractivity contribution in [1.82, 2.24) is 9.78 Å². The molecule has 4 rings (SSSR count). The minimum absolute atomic E-state index is 0.000519. The lowest BCUT2D eigenvalue weighted by molar-refractivity contribution is -0.116. The van der Waals surface area contributed by atoms with Crippen LogP contribution < -0.4 is 5.32 Å². The van der Waals surface area contributed by atoms with Gasteiger partial charge >= 0.3 is 0 Å². The van der Waals surface area contributed by atoms with Gasteiger partial charge in [-0.25, -0.2) is 4.68 Å². The average molecular weight is 392 g/mol. The van der Waals surface area contributed by atoms with Crippen LogP contribution in [-0.4, -0.2) is 19.9 Å². The van der Waals surface area contributed by atoms with Crippen LogP contribution >= 0.6 is 11.6 Å². The molecular formula is C19H22ClN3O2S. The predicted octanol–water partition coefficient (Wildman–Crippen LogP) is 4.20. The van der Waals surface area contributed by atoms with Crippen LogP contribution in [0.25, 0.3) is 5.69 Å². The van der Waals surface area contributed by atoms with Gasteiger partial charge in [-0.05, 0) is 30.5 Å². The van der Waals surface area contributed by atoms with Crippen LogP contribution in [0, 0.1) is 5.92 Å². The molecule has 7 heteroatoms. The Morgan fingerprint density at radius 1 is 1.31 bits per heavy atom. The van der Waals surface area contributed by atoms with Gasteiger partial charge in [0.1, 0.15) is 5.82 Å². The second-order valence-corrected chi connectivity index (χ2v) is 9.02. The first-order valence-electron chi connectivity index (χ1n) is 9.11. The normalized spacial score (nSPS) is 19.7. The molecule has 0 saturated heterocycles. The van der Waals surface area contributed by atoms with Gasteiger partial charge in [-0.1, -0.05) is 43.4 Å². The third-order valence-electron chi connectivity index (χ3n) is 5.23. The summed E-state index contributed by atoms with van der Waals surface area (Å²) in [6.07, 6.45) is 6.50. The maximum Gasteiger partial charge on any atom is 0.225 e. The first-order valence-corrected chi connectivity index (χ1v) is 11.0. The van der Waals surface area contributed by atoms with Gasteiger partial charge in [-0.2, -0.15) is 5.10 Å². The summed E-state index contributed by atoms with van der Waals surface area (Å²) in [5.41, 5.74) is 2.48. The van der Waals surface area contributed by atoms with Gasteiger partial charge in [0.25, 0.3) is 0 Å². The molecule has 26 heavy (non-hydrogen) atoms. The summed E-state index contributed by atoms with van der Waals surface area (Å²) in [7, 11) is -0.941. The summed E-state index contributed by atoms with van der Waals surface area (Å²) in [5, 5.41) is 8.24. The summed E-state index contributed by atoms with van der Waals surface area (Å²) in [6.45, 7) is 0. The molecule has 1 fully saturated rings. The van der Waals surface area contributed by atoms with Crippen LogP contribution in [0.15, 0.2) is 24.3 Å². The Morgan fingerprint density at radius 2 is 2.12 bits per heavy atom. The van der Waals surface area contributed by atoms with E-state index in [1.807, 2.05) is 18.2 Å². The lowest BCUT2D eigenvalue weighted by atomic mass is 10.0. The zero-order valence-electron chi connectivity index (χ0n) is 14.5. The molecule has 1 aliphatic heterocycles. The number of anilines is 1. The number of nitrogens with one attached hydrogen (secondary N) is 1. The highest BCUT2D eigenvalue weighted by Crippen LogP contribution is 2.33. The van der Waals surface area contributed by atoms with Crippen molar-refractivity contribution in [2.75, 3.05) is 5.32 Å². The van der Waals surface area contributed by atoms with Crippen LogP contribution in [0.2, 0.25) is 5.02 Å². The summed E-state index contributed by atoms with van der Waals surface area (Å²) >= 11 is 6.12. The van der Waals surface area contributed by atoms with Crippen molar-refractivity contribution in [2.24, 2.45) is 5.92 Å². The molecule has 138 valence electrons. The number of hydrogen-bond acceptors (Lipinski definition) is 3. The zero-order valence-corrected chi connectivity index (χ0v) is 16.1. The molecule has 1 atom stereocenters. The topological polar surface area (TPSA) is 64.0 Å². The quantitative estimate of drug-likeness (QED) is 0.830. The third kappa shape index (κ3) is 3.71. The van der Waals surface area contributed by atoms with Crippen molar-refractivity contribution >= 4 is 34.1 Å². The Hall–Kier alpha value is -1.66. The Labute approximate surface area is 160 Å². The van der Waals surface area contributed by atoms with Gasteiger partial charge in [0.05, 0.1) is 22.9 Å². The molecule has 1 aromatic carbocycles. The van der Waals surface area contributed by atoms with Gasteiger partial charge in [0.15, 0.2) is 0 Å². The second-order valence-electron chi connectivity index (χ2n) is 7.13. The minimum atomic E-state index is -0.941. The highest BCUT2D eigenvalue weighted by Gasteiger charge is 2.28. The van der Waals surface area contributed by atoms with Crippen molar-refractivity contribution in [1.29, 1.82) is 0 Å². The summed E-state index contributed by atoms with van der Waals surface area (Å²) in [6, 6.07) is 7.37. The van der Waals surface area contributed by atoms with E-state index in [0.29, 0.717) is 34.7 Å². The van der Waals surface area contributed by atoms with E-state index in [1.54, 1.807) is 10.7 Å². The highest BCUT2D eigenvalue weighted by atomic mass is 35.5. The first-order chi connectivity index (χ1) is 12.6. The number of fused-ring (bicyclic) bond motifs is 1. The number of nitrogens with zero attached hydrogens (tertiary/aromatic N) is 2. The molecule has 2 aromatic rings. The number of halogens is 1. The van der Waals surface area contributed by atoms with E-state index < -0.39 is 10.8 Å². The maximum absolute atomic E-state index is 12.5. The number of benzene rings is 1. The molecule has 0 unspecified atom stereocenters. The molecule has 0 bridgehead atoms. The largest absolute Gasteiger partial charge is 0.310 e. The fourth-order valence-corrected chi connectivity index (χ4v) is 5.33. The maximum atomic E-state index is 12.5. The van der Waals surface area contributed by atoms with Gasteiger partial charge < -0.3 is 5.32 Å². The molecular weight excluding hydrogens is 370 g/mol. The highest BCUT2D eigenvalue weighted by molar-refractivity contribution is 7.83. The number of carbonyl (C=O) groups is 1. The number of aromatic nitrogens is 2. The number of hydrogen-bond donors (Lipinski definition) is 1. The SMILES string of the molecule is O=C(CCC1CCCC1)Nc1c2c(nn1-c1cccc(Cl)c1)C[S@](=O)C2. The molecule has 2 aliphatic rings. The van der Waals surface area contributed by atoms with Gasteiger partial charge in [0.2, 0.25) is 5.91 Å². The smallest absolute Gasteiger partial charge is 0.225 e. The molecule has 1 aromatic heterocycles. The molecule has 1 amide bonds. The van der Waals surface area contributed by atoms with Gasteiger partial charge in [-0.3, -0.25) is 9.00 Å². The zero-order chi connectivity index (χ0) is 18.1. The lowest BCUT2D eigenvalue weighted by Gasteiger charge is -2.12. The number of carbonyl (C=O) groups excluding carboxylic acids is 1. The van der Waals surface area contributed by atoms with Crippen LogP contribution in [0.4, 0.5) is 5.82 Å². The minimum Gasteiger partial charge on any atom is -0.310 e. The standard InChI is InChI=1S/C19H22ClN3O2S/c20-14-6-3-7-15(10-14)23-19(16-11-26(25)12-17(16)22-23)21-18(24)9-8-13-4-1-2-5-13/h3,6-7,10,13H,1-2,4-5,8-9,11-12H2,(H,21,24)/t26-/m1/s1. The predicted molar refractivity (Wildman–Crippen MR) is 104 cm³/mol. The average Bonchev–Trinajstić information content (AvgIpc) is 3.31. The number of rotatable bonds is 5. The van der Waals surface area contributed by atoms with Crippen molar-refractivity contribution < 1.29 is 9.00 Å².